The van der Waals surface area contributed by atoms with Crippen LogP contribution in [0.1, 0.15) is 51.9 Å². The normalized spacial score (nSPS) is 18.7. The SMILES string of the molecule is CCCCC(N)=O.O=C1C=CC(=O)N1C1CCCC1. The van der Waals surface area contributed by atoms with Gasteiger partial charge in [-0.05, 0) is 19.3 Å². The minimum atomic E-state index is -0.193. The van der Waals surface area contributed by atoms with Crippen molar-refractivity contribution in [3.05, 3.63) is 12.2 Å². The van der Waals surface area contributed by atoms with Crippen LogP contribution in [-0.2, 0) is 14.4 Å². The maximum Gasteiger partial charge on any atom is 0.253 e. The molecule has 0 aromatic carbocycles. The molecule has 106 valence electrons. The number of nitrogens with two attached hydrogens (primary N) is 1. The highest BCUT2D eigenvalue weighted by Crippen LogP contribution is 2.25. The lowest BCUT2D eigenvalue weighted by Crippen LogP contribution is -2.38. The summed E-state index contributed by atoms with van der Waals surface area (Å²) < 4.78 is 0. The number of primary amides is 1. The number of nitrogens with zero attached hydrogens (tertiary/aromatic N) is 1. The zero-order valence-corrected chi connectivity index (χ0v) is 11.4. The number of hydrogen-bond acceptors (Lipinski definition) is 3. The number of unbranched alkanes of at least 4 members (excludes halogenated alkanes) is 1. The van der Waals surface area contributed by atoms with Crippen molar-refractivity contribution in [1.29, 1.82) is 0 Å². The van der Waals surface area contributed by atoms with E-state index < -0.39 is 0 Å². The van der Waals surface area contributed by atoms with Crippen molar-refractivity contribution in [2.45, 2.75) is 57.9 Å². The molecule has 2 rings (SSSR count). The Hall–Kier alpha value is -1.65. The lowest BCUT2D eigenvalue weighted by molar-refractivity contribution is -0.139. The van der Waals surface area contributed by atoms with Gasteiger partial charge in [-0.2, -0.15) is 0 Å². The summed E-state index contributed by atoms with van der Waals surface area (Å²) in [5.74, 6) is -0.458. The first kappa shape index (κ1) is 15.4. The molecule has 19 heavy (non-hydrogen) atoms. The van der Waals surface area contributed by atoms with E-state index in [9.17, 15) is 14.4 Å². The first-order chi connectivity index (χ1) is 9.06. The molecule has 0 saturated heterocycles. The van der Waals surface area contributed by atoms with E-state index in [4.69, 9.17) is 5.73 Å². The predicted octanol–water partition coefficient (Wildman–Crippen LogP) is 1.52. The fourth-order valence-corrected chi connectivity index (χ4v) is 2.29. The topological polar surface area (TPSA) is 80.5 Å². The van der Waals surface area contributed by atoms with Crippen LogP contribution in [0.3, 0.4) is 0 Å². The second kappa shape index (κ2) is 7.71. The average Bonchev–Trinajstić information content (AvgIpc) is 2.98. The maximum absolute atomic E-state index is 11.2. The predicted molar refractivity (Wildman–Crippen MR) is 72.0 cm³/mol. The van der Waals surface area contributed by atoms with E-state index in [2.05, 4.69) is 0 Å². The molecule has 2 N–H and O–H groups in total. The summed E-state index contributed by atoms with van der Waals surface area (Å²) in [6.07, 6.45) is 9.48. The molecule has 5 nitrogen and oxygen atoms in total. The Morgan fingerprint density at radius 2 is 1.79 bits per heavy atom. The van der Waals surface area contributed by atoms with Gasteiger partial charge in [-0.15, -0.1) is 0 Å². The Morgan fingerprint density at radius 3 is 2.16 bits per heavy atom. The summed E-state index contributed by atoms with van der Waals surface area (Å²) in [7, 11) is 0. The number of carbonyl (C=O) groups is 3. The quantitative estimate of drug-likeness (QED) is 0.783. The molecule has 0 radical (unpaired) electrons. The summed E-state index contributed by atoms with van der Waals surface area (Å²) in [6.45, 7) is 2.03. The van der Waals surface area contributed by atoms with Crippen molar-refractivity contribution in [2.75, 3.05) is 0 Å². The Morgan fingerprint density at radius 1 is 1.26 bits per heavy atom. The number of rotatable bonds is 4. The van der Waals surface area contributed by atoms with Crippen molar-refractivity contribution >= 4 is 17.7 Å². The van der Waals surface area contributed by atoms with E-state index in [0.717, 1.165) is 38.5 Å². The molecule has 0 spiro atoms. The third-order valence-corrected chi connectivity index (χ3v) is 3.31. The second-order valence-electron chi connectivity index (χ2n) is 4.89. The fraction of sp³-hybridized carbons (Fsp3) is 0.643. The molecule has 3 amide bonds. The Labute approximate surface area is 113 Å². The Kier molecular flexibility index (Phi) is 6.25. The number of hydrogen-bond donors (Lipinski definition) is 1. The molecule has 1 fully saturated rings. The summed E-state index contributed by atoms with van der Waals surface area (Å²) in [4.78, 5) is 33.8. The molecule has 0 unspecified atom stereocenters. The van der Waals surface area contributed by atoms with E-state index in [-0.39, 0.29) is 23.8 Å². The van der Waals surface area contributed by atoms with Crippen LogP contribution in [0.4, 0.5) is 0 Å². The van der Waals surface area contributed by atoms with Gasteiger partial charge in [-0.1, -0.05) is 26.2 Å². The van der Waals surface area contributed by atoms with Gasteiger partial charge in [0.25, 0.3) is 11.8 Å². The van der Waals surface area contributed by atoms with Gasteiger partial charge in [0.2, 0.25) is 5.91 Å². The third-order valence-electron chi connectivity index (χ3n) is 3.31. The van der Waals surface area contributed by atoms with Crippen molar-refractivity contribution in [2.24, 2.45) is 5.73 Å². The summed E-state index contributed by atoms with van der Waals surface area (Å²) in [6, 6.07) is 0.181. The van der Waals surface area contributed by atoms with Crippen molar-refractivity contribution in [3.63, 3.8) is 0 Å². The summed E-state index contributed by atoms with van der Waals surface area (Å²) >= 11 is 0. The first-order valence-electron chi connectivity index (χ1n) is 6.89. The molecule has 1 saturated carbocycles. The monoisotopic (exact) mass is 266 g/mol. The van der Waals surface area contributed by atoms with E-state index in [1.165, 1.54) is 17.1 Å². The number of amides is 3. The van der Waals surface area contributed by atoms with E-state index in [1.54, 1.807) is 0 Å². The van der Waals surface area contributed by atoms with Crippen LogP contribution in [0.5, 0.6) is 0 Å². The lowest BCUT2D eigenvalue weighted by atomic mass is 10.2. The highest BCUT2D eigenvalue weighted by atomic mass is 16.2. The first-order valence-corrected chi connectivity index (χ1v) is 6.89. The van der Waals surface area contributed by atoms with Gasteiger partial charge < -0.3 is 5.73 Å². The Bertz CT molecular complexity index is 353. The minimum Gasteiger partial charge on any atom is -0.370 e. The van der Waals surface area contributed by atoms with E-state index in [0.29, 0.717) is 6.42 Å². The van der Waals surface area contributed by atoms with Crippen molar-refractivity contribution < 1.29 is 14.4 Å². The molecule has 2 aliphatic rings. The molecule has 0 aromatic rings. The molecule has 5 heteroatoms. The lowest BCUT2D eigenvalue weighted by Gasteiger charge is -2.20. The minimum absolute atomic E-state index is 0.132. The van der Waals surface area contributed by atoms with Crippen LogP contribution in [0.15, 0.2) is 12.2 Å². The van der Waals surface area contributed by atoms with E-state index in [1.807, 2.05) is 6.92 Å². The maximum atomic E-state index is 11.2. The van der Waals surface area contributed by atoms with Gasteiger partial charge in [-0.3, -0.25) is 19.3 Å². The molecule has 1 heterocycles. The molecule has 1 aliphatic carbocycles. The second-order valence-corrected chi connectivity index (χ2v) is 4.89. The zero-order chi connectivity index (χ0) is 14.3. The Balaban J connectivity index is 0.000000224. The number of carbonyl (C=O) groups excluding carboxylic acids is 3. The standard InChI is InChI=1S/C9H11NO2.C5H11NO/c11-8-5-6-9(12)10(8)7-3-1-2-4-7;1-2-3-4-5(6)7/h5-7H,1-4H2;2-4H2,1H3,(H2,6,7). The largest absolute Gasteiger partial charge is 0.370 e. The summed E-state index contributed by atoms with van der Waals surface area (Å²) in [5.41, 5.74) is 4.84. The van der Waals surface area contributed by atoms with Crippen LogP contribution in [-0.4, -0.2) is 28.7 Å². The van der Waals surface area contributed by atoms with Gasteiger partial charge in [0.15, 0.2) is 0 Å². The van der Waals surface area contributed by atoms with Crippen molar-refractivity contribution in [3.8, 4) is 0 Å². The van der Waals surface area contributed by atoms with Gasteiger partial charge in [0.1, 0.15) is 0 Å². The van der Waals surface area contributed by atoms with Crippen LogP contribution < -0.4 is 5.73 Å². The van der Waals surface area contributed by atoms with Crippen LogP contribution >= 0.6 is 0 Å². The van der Waals surface area contributed by atoms with E-state index >= 15 is 0 Å². The highest BCUT2D eigenvalue weighted by molar-refractivity contribution is 6.13. The third kappa shape index (κ3) is 4.85. The van der Waals surface area contributed by atoms with Gasteiger partial charge in [0, 0.05) is 24.6 Å². The fourth-order valence-electron chi connectivity index (χ4n) is 2.29. The summed E-state index contributed by atoms with van der Waals surface area (Å²) in [5, 5.41) is 0. The zero-order valence-electron chi connectivity index (χ0n) is 11.4. The molecule has 0 bridgehead atoms. The molecule has 0 aromatic heterocycles. The smallest absolute Gasteiger partial charge is 0.253 e. The van der Waals surface area contributed by atoms with Crippen LogP contribution in [0, 0.1) is 0 Å². The number of imide groups is 1. The average molecular weight is 266 g/mol. The molecular formula is C14H22N2O3. The van der Waals surface area contributed by atoms with Crippen LogP contribution in [0.2, 0.25) is 0 Å². The molecule has 0 atom stereocenters. The van der Waals surface area contributed by atoms with Crippen LogP contribution in [0.25, 0.3) is 0 Å². The highest BCUT2D eigenvalue weighted by Gasteiger charge is 2.32. The van der Waals surface area contributed by atoms with Gasteiger partial charge >= 0.3 is 0 Å². The molecular weight excluding hydrogens is 244 g/mol. The molecule has 1 aliphatic heterocycles. The van der Waals surface area contributed by atoms with Crippen molar-refractivity contribution in [1.82, 2.24) is 4.90 Å². The van der Waals surface area contributed by atoms with Gasteiger partial charge in [-0.25, -0.2) is 0 Å². The van der Waals surface area contributed by atoms with Gasteiger partial charge in [0.05, 0.1) is 0 Å².